The van der Waals surface area contributed by atoms with Crippen molar-refractivity contribution in [2.45, 2.75) is 16.6 Å². The number of nitrogens with one attached hydrogen (secondary N) is 2. The van der Waals surface area contributed by atoms with Gasteiger partial charge < -0.3 is 10.6 Å². The Balaban J connectivity index is 1.66. The second kappa shape index (κ2) is 6.54. The van der Waals surface area contributed by atoms with Crippen LogP contribution in [0.4, 0.5) is 11.4 Å². The Bertz CT molecular complexity index is 736. The molecule has 6 heteroatoms. The predicted octanol–water partition coefficient (Wildman–Crippen LogP) is 3.89. The van der Waals surface area contributed by atoms with Gasteiger partial charge in [-0.3, -0.25) is 9.59 Å². The summed E-state index contributed by atoms with van der Waals surface area (Å²) in [5, 5.41) is 5.24. The number of para-hydroxylation sites is 1. The van der Waals surface area contributed by atoms with Gasteiger partial charge in [0.2, 0.25) is 11.8 Å². The van der Waals surface area contributed by atoms with Crippen molar-refractivity contribution in [3.8, 4) is 0 Å². The molecule has 0 aromatic heterocycles. The molecule has 0 unspecified atom stereocenters. The van der Waals surface area contributed by atoms with Gasteiger partial charge in [0.15, 0.2) is 0 Å². The molecule has 1 heterocycles. The maximum absolute atomic E-state index is 12.1. The SMILES string of the molecule is O=C(C[C@H]1Sc2ccccc2NC1=O)Nc1cccc(Br)c1. The first-order valence-electron chi connectivity index (χ1n) is 6.74. The Labute approximate surface area is 140 Å². The van der Waals surface area contributed by atoms with Gasteiger partial charge in [-0.05, 0) is 30.3 Å². The Morgan fingerprint density at radius 2 is 2.05 bits per heavy atom. The van der Waals surface area contributed by atoms with Crippen molar-refractivity contribution in [2.75, 3.05) is 10.6 Å². The van der Waals surface area contributed by atoms with Crippen LogP contribution in [0.1, 0.15) is 6.42 Å². The fourth-order valence-electron chi connectivity index (χ4n) is 2.17. The molecule has 22 heavy (non-hydrogen) atoms. The second-order valence-corrected chi connectivity index (χ2v) is 7.01. The van der Waals surface area contributed by atoms with Crippen molar-refractivity contribution in [2.24, 2.45) is 0 Å². The van der Waals surface area contributed by atoms with Gasteiger partial charge in [0.1, 0.15) is 0 Å². The molecule has 4 nitrogen and oxygen atoms in total. The normalized spacial score (nSPS) is 16.6. The molecule has 3 rings (SSSR count). The molecule has 0 aliphatic carbocycles. The van der Waals surface area contributed by atoms with Crippen molar-refractivity contribution in [3.05, 3.63) is 53.0 Å². The van der Waals surface area contributed by atoms with E-state index in [1.165, 1.54) is 11.8 Å². The summed E-state index contributed by atoms with van der Waals surface area (Å²) in [5.74, 6) is -0.307. The molecule has 2 amide bonds. The largest absolute Gasteiger partial charge is 0.326 e. The molecule has 1 atom stereocenters. The van der Waals surface area contributed by atoms with Gasteiger partial charge in [0.25, 0.3) is 0 Å². The summed E-state index contributed by atoms with van der Waals surface area (Å²) < 4.78 is 0.893. The summed E-state index contributed by atoms with van der Waals surface area (Å²) >= 11 is 4.78. The first-order valence-corrected chi connectivity index (χ1v) is 8.41. The maximum Gasteiger partial charge on any atom is 0.238 e. The van der Waals surface area contributed by atoms with E-state index in [0.29, 0.717) is 5.69 Å². The zero-order valence-electron chi connectivity index (χ0n) is 11.5. The fraction of sp³-hybridized carbons (Fsp3) is 0.125. The van der Waals surface area contributed by atoms with Crippen molar-refractivity contribution < 1.29 is 9.59 Å². The summed E-state index contributed by atoms with van der Waals surface area (Å²) in [4.78, 5) is 25.2. The number of carbonyl (C=O) groups is 2. The lowest BCUT2D eigenvalue weighted by atomic mass is 10.2. The summed E-state index contributed by atoms with van der Waals surface area (Å²) in [5.41, 5.74) is 1.52. The first-order chi connectivity index (χ1) is 10.6. The molecule has 0 saturated carbocycles. The first kappa shape index (κ1) is 15.1. The minimum Gasteiger partial charge on any atom is -0.326 e. The molecule has 2 aromatic carbocycles. The minimum atomic E-state index is -0.415. The highest BCUT2D eigenvalue weighted by Gasteiger charge is 2.28. The Kier molecular flexibility index (Phi) is 4.49. The Hall–Kier alpha value is -1.79. The van der Waals surface area contributed by atoms with E-state index in [-0.39, 0.29) is 18.2 Å². The number of anilines is 2. The van der Waals surface area contributed by atoms with Crippen molar-refractivity contribution >= 4 is 50.9 Å². The number of carbonyl (C=O) groups excluding carboxylic acids is 2. The number of thioether (sulfide) groups is 1. The van der Waals surface area contributed by atoms with E-state index in [9.17, 15) is 9.59 Å². The van der Waals surface area contributed by atoms with Gasteiger partial charge >= 0.3 is 0 Å². The van der Waals surface area contributed by atoms with Gasteiger partial charge in [-0.15, -0.1) is 11.8 Å². The highest BCUT2D eigenvalue weighted by Crippen LogP contribution is 2.36. The van der Waals surface area contributed by atoms with E-state index in [1.54, 1.807) is 0 Å². The van der Waals surface area contributed by atoms with E-state index >= 15 is 0 Å². The highest BCUT2D eigenvalue weighted by molar-refractivity contribution is 9.10. The van der Waals surface area contributed by atoms with Gasteiger partial charge in [0.05, 0.1) is 10.9 Å². The lowest BCUT2D eigenvalue weighted by molar-refractivity contribution is -0.120. The van der Waals surface area contributed by atoms with Crippen LogP contribution < -0.4 is 10.6 Å². The number of hydrogen-bond acceptors (Lipinski definition) is 3. The van der Waals surface area contributed by atoms with Crippen LogP contribution in [0.25, 0.3) is 0 Å². The lowest BCUT2D eigenvalue weighted by Gasteiger charge is -2.23. The fourth-order valence-corrected chi connectivity index (χ4v) is 3.68. The van der Waals surface area contributed by atoms with Gasteiger partial charge in [-0.1, -0.05) is 34.1 Å². The third kappa shape index (κ3) is 3.51. The number of fused-ring (bicyclic) bond motifs is 1. The van der Waals surface area contributed by atoms with Crippen LogP contribution in [0.3, 0.4) is 0 Å². The molecule has 0 saturated heterocycles. The van der Waals surface area contributed by atoms with E-state index in [0.717, 1.165) is 15.1 Å². The van der Waals surface area contributed by atoms with Crippen LogP contribution in [0, 0.1) is 0 Å². The molecule has 0 spiro atoms. The number of halogens is 1. The topological polar surface area (TPSA) is 58.2 Å². The lowest BCUT2D eigenvalue weighted by Crippen LogP contribution is -2.32. The van der Waals surface area contributed by atoms with Crippen LogP contribution in [0.15, 0.2) is 57.9 Å². The van der Waals surface area contributed by atoms with Gasteiger partial charge in [-0.25, -0.2) is 0 Å². The minimum absolute atomic E-state index is 0.131. The zero-order chi connectivity index (χ0) is 15.5. The summed E-state index contributed by atoms with van der Waals surface area (Å²) in [6.07, 6.45) is 0.136. The Morgan fingerprint density at radius 1 is 1.23 bits per heavy atom. The van der Waals surface area contributed by atoms with Crippen LogP contribution in [-0.4, -0.2) is 17.1 Å². The molecule has 0 fully saturated rings. The third-order valence-electron chi connectivity index (χ3n) is 3.19. The molecule has 2 N–H and O–H groups in total. The standard InChI is InChI=1S/C16H13BrN2O2S/c17-10-4-3-5-11(8-10)18-15(20)9-14-16(21)19-12-6-1-2-7-13(12)22-14/h1-8,14H,9H2,(H,18,20)(H,19,21)/t14-/m1/s1. The van der Waals surface area contributed by atoms with E-state index in [1.807, 2.05) is 48.5 Å². The molecule has 1 aliphatic heterocycles. The van der Waals surface area contributed by atoms with Crippen LogP contribution in [0.5, 0.6) is 0 Å². The summed E-state index contributed by atoms with van der Waals surface area (Å²) in [6, 6.07) is 15.0. The molecular weight excluding hydrogens is 364 g/mol. The summed E-state index contributed by atoms with van der Waals surface area (Å²) in [7, 11) is 0. The molecule has 0 bridgehead atoms. The van der Waals surface area contributed by atoms with Crippen LogP contribution in [0.2, 0.25) is 0 Å². The van der Waals surface area contributed by atoms with E-state index in [4.69, 9.17) is 0 Å². The van der Waals surface area contributed by atoms with Crippen LogP contribution >= 0.6 is 27.7 Å². The smallest absolute Gasteiger partial charge is 0.238 e. The Morgan fingerprint density at radius 3 is 2.86 bits per heavy atom. The predicted molar refractivity (Wildman–Crippen MR) is 92.1 cm³/mol. The van der Waals surface area contributed by atoms with Gasteiger partial charge in [-0.2, -0.15) is 0 Å². The molecule has 0 radical (unpaired) electrons. The molecule has 112 valence electrons. The van der Waals surface area contributed by atoms with Crippen molar-refractivity contribution in [1.82, 2.24) is 0 Å². The van der Waals surface area contributed by atoms with Crippen LogP contribution in [-0.2, 0) is 9.59 Å². The maximum atomic E-state index is 12.1. The quantitative estimate of drug-likeness (QED) is 0.853. The molecular formula is C16H13BrN2O2S. The average Bonchev–Trinajstić information content (AvgIpc) is 2.48. The average molecular weight is 377 g/mol. The zero-order valence-corrected chi connectivity index (χ0v) is 13.9. The van der Waals surface area contributed by atoms with Crippen molar-refractivity contribution in [3.63, 3.8) is 0 Å². The number of hydrogen-bond donors (Lipinski definition) is 2. The molecule has 1 aliphatic rings. The highest BCUT2D eigenvalue weighted by atomic mass is 79.9. The van der Waals surface area contributed by atoms with Crippen molar-refractivity contribution in [1.29, 1.82) is 0 Å². The summed E-state index contributed by atoms with van der Waals surface area (Å²) in [6.45, 7) is 0. The monoisotopic (exact) mass is 376 g/mol. The van der Waals surface area contributed by atoms with E-state index < -0.39 is 5.25 Å². The number of benzene rings is 2. The number of amides is 2. The second-order valence-electron chi connectivity index (χ2n) is 4.85. The molecule has 2 aromatic rings. The van der Waals surface area contributed by atoms with E-state index in [2.05, 4.69) is 26.6 Å². The number of rotatable bonds is 3. The third-order valence-corrected chi connectivity index (χ3v) is 4.95. The van der Waals surface area contributed by atoms with Gasteiger partial charge in [0, 0.05) is 21.5 Å².